The fraction of sp³-hybridized carbons (Fsp3) is 0.429. The van der Waals surface area contributed by atoms with Crippen LogP contribution in [-0.4, -0.2) is 36.6 Å². The molecular weight excluding hydrogens is 360 g/mol. The number of likely N-dealkylation sites (tertiary alicyclic amines) is 1. The first-order chi connectivity index (χ1) is 13.2. The molecule has 0 saturated carbocycles. The van der Waals surface area contributed by atoms with E-state index in [1.807, 2.05) is 28.5 Å². The highest BCUT2D eigenvalue weighted by Crippen LogP contribution is 2.40. The maximum atomic E-state index is 13.2. The first-order valence-corrected chi connectivity index (χ1v) is 10.3. The predicted molar refractivity (Wildman–Crippen MR) is 106 cm³/mol. The summed E-state index contributed by atoms with van der Waals surface area (Å²) < 4.78 is 10.9. The number of aromatic nitrogens is 1. The summed E-state index contributed by atoms with van der Waals surface area (Å²) in [7, 11) is 3.23. The first-order valence-electron chi connectivity index (χ1n) is 9.41. The summed E-state index contributed by atoms with van der Waals surface area (Å²) in [6, 6.07) is 5.70. The second kappa shape index (κ2) is 7.72. The van der Waals surface area contributed by atoms with Crippen molar-refractivity contribution >= 4 is 17.2 Å². The van der Waals surface area contributed by atoms with Crippen LogP contribution in [0.25, 0.3) is 10.6 Å². The van der Waals surface area contributed by atoms with Crippen LogP contribution in [0.3, 0.4) is 0 Å². The molecule has 5 nitrogen and oxygen atoms in total. The van der Waals surface area contributed by atoms with Gasteiger partial charge in [0.15, 0.2) is 11.5 Å². The zero-order valence-electron chi connectivity index (χ0n) is 15.7. The minimum Gasteiger partial charge on any atom is -0.493 e. The van der Waals surface area contributed by atoms with Gasteiger partial charge in [0.25, 0.3) is 5.91 Å². The number of thiazole rings is 1. The van der Waals surface area contributed by atoms with Gasteiger partial charge < -0.3 is 14.4 Å². The number of amides is 1. The van der Waals surface area contributed by atoms with Gasteiger partial charge in [-0.25, -0.2) is 4.98 Å². The van der Waals surface area contributed by atoms with Crippen molar-refractivity contribution in [1.29, 1.82) is 0 Å². The number of methoxy groups -OCH3 is 2. The molecular formula is C21H24N2O3S. The molecule has 27 heavy (non-hydrogen) atoms. The van der Waals surface area contributed by atoms with Crippen LogP contribution in [0.15, 0.2) is 35.4 Å². The lowest BCUT2D eigenvalue weighted by molar-refractivity contribution is 0.0744. The summed E-state index contributed by atoms with van der Waals surface area (Å²) in [6.07, 6.45) is 8.00. The second-order valence-electron chi connectivity index (χ2n) is 6.93. The number of hydrogen-bond acceptors (Lipinski definition) is 5. The van der Waals surface area contributed by atoms with Gasteiger partial charge in [-0.2, -0.15) is 0 Å². The van der Waals surface area contributed by atoms with Crippen LogP contribution < -0.4 is 9.47 Å². The molecule has 1 aliphatic carbocycles. The normalized spacial score (nSPS) is 19.3. The van der Waals surface area contributed by atoms with Gasteiger partial charge in [0.2, 0.25) is 0 Å². The minimum atomic E-state index is 0.0113. The molecule has 1 aliphatic heterocycles. The molecule has 1 aromatic carbocycles. The molecule has 2 heterocycles. The fourth-order valence-corrected chi connectivity index (χ4v) is 4.90. The quantitative estimate of drug-likeness (QED) is 0.763. The Morgan fingerprint density at radius 2 is 2.07 bits per heavy atom. The summed E-state index contributed by atoms with van der Waals surface area (Å²) in [5.41, 5.74) is 2.56. The third-order valence-corrected chi connectivity index (χ3v) is 6.25. The zero-order chi connectivity index (χ0) is 18.8. The Balaban J connectivity index is 1.63. The first kappa shape index (κ1) is 18.0. The second-order valence-corrected chi connectivity index (χ2v) is 7.79. The predicted octanol–water partition coefficient (Wildman–Crippen LogP) is 4.75. The van der Waals surface area contributed by atoms with Gasteiger partial charge in [-0.15, -0.1) is 11.3 Å². The Hall–Kier alpha value is -2.34. The highest BCUT2D eigenvalue weighted by atomic mass is 32.1. The third-order valence-electron chi connectivity index (χ3n) is 5.38. The van der Waals surface area contributed by atoms with Crippen molar-refractivity contribution in [3.05, 3.63) is 41.0 Å². The van der Waals surface area contributed by atoms with Gasteiger partial charge in [0.1, 0.15) is 10.7 Å². The number of allylic oxidation sites excluding steroid dienone is 2. The van der Waals surface area contributed by atoms with Crippen LogP contribution in [0.4, 0.5) is 0 Å². The van der Waals surface area contributed by atoms with Crippen LogP contribution >= 0.6 is 11.3 Å². The number of carbonyl (C=O) groups excluding carboxylic acids is 1. The summed E-state index contributed by atoms with van der Waals surface area (Å²) >= 11 is 1.46. The van der Waals surface area contributed by atoms with E-state index in [9.17, 15) is 4.79 Å². The number of nitrogens with zero attached hydrogens (tertiary/aromatic N) is 2. The fourth-order valence-electron chi connectivity index (χ4n) is 4.08. The smallest absolute Gasteiger partial charge is 0.277 e. The van der Waals surface area contributed by atoms with Crippen LogP contribution in [0.2, 0.25) is 0 Å². The Kier molecular flexibility index (Phi) is 5.16. The molecule has 1 unspecified atom stereocenters. The third kappa shape index (κ3) is 3.34. The van der Waals surface area contributed by atoms with Crippen molar-refractivity contribution in [2.24, 2.45) is 5.92 Å². The number of piperidine rings is 1. The van der Waals surface area contributed by atoms with E-state index in [4.69, 9.17) is 9.47 Å². The van der Waals surface area contributed by atoms with Crippen LogP contribution in [0, 0.1) is 5.92 Å². The van der Waals surface area contributed by atoms with Crippen molar-refractivity contribution in [3.8, 4) is 22.1 Å². The van der Waals surface area contributed by atoms with Gasteiger partial charge >= 0.3 is 0 Å². The molecule has 1 aromatic heterocycles. The molecule has 1 amide bonds. The van der Waals surface area contributed by atoms with Gasteiger partial charge in [-0.1, -0.05) is 12.1 Å². The average molecular weight is 385 g/mol. The molecule has 6 heteroatoms. The Morgan fingerprint density at radius 1 is 1.22 bits per heavy atom. The van der Waals surface area contributed by atoms with Gasteiger partial charge in [0.05, 0.1) is 19.8 Å². The van der Waals surface area contributed by atoms with E-state index in [-0.39, 0.29) is 5.91 Å². The largest absolute Gasteiger partial charge is 0.493 e. The average Bonchev–Trinajstić information content (AvgIpc) is 3.22. The van der Waals surface area contributed by atoms with Crippen molar-refractivity contribution in [2.75, 3.05) is 20.8 Å². The SMILES string of the molecule is COc1cccc(-c2nc(C(=O)N3CCCC4CCCC=C43)cs2)c1OC. The zero-order valence-corrected chi connectivity index (χ0v) is 16.6. The Morgan fingerprint density at radius 3 is 2.89 bits per heavy atom. The Labute approximate surface area is 163 Å². The highest BCUT2D eigenvalue weighted by molar-refractivity contribution is 7.13. The minimum absolute atomic E-state index is 0.0113. The van der Waals surface area contributed by atoms with Gasteiger partial charge in [0, 0.05) is 17.6 Å². The number of para-hydroxylation sites is 1. The highest BCUT2D eigenvalue weighted by Gasteiger charge is 2.32. The monoisotopic (exact) mass is 384 g/mol. The Bertz CT molecular complexity index is 874. The molecule has 0 N–H and O–H groups in total. The van der Waals surface area contributed by atoms with Crippen molar-refractivity contribution in [2.45, 2.75) is 32.1 Å². The molecule has 0 spiro atoms. The number of ether oxygens (including phenoxy) is 2. The maximum Gasteiger partial charge on any atom is 0.277 e. The number of hydrogen-bond donors (Lipinski definition) is 0. The molecule has 142 valence electrons. The number of rotatable bonds is 4. The number of carbonyl (C=O) groups is 1. The molecule has 4 rings (SSSR count). The van der Waals surface area contributed by atoms with Crippen LogP contribution in [0.1, 0.15) is 42.6 Å². The lowest BCUT2D eigenvalue weighted by Gasteiger charge is -2.37. The van der Waals surface area contributed by atoms with E-state index in [0.717, 1.165) is 30.0 Å². The summed E-state index contributed by atoms with van der Waals surface area (Å²) in [5, 5.41) is 2.61. The lowest BCUT2D eigenvalue weighted by atomic mass is 9.85. The van der Waals surface area contributed by atoms with E-state index >= 15 is 0 Å². The standard InChI is InChI=1S/C21H24N2O3S/c1-25-18-11-5-9-15(19(18)26-2)20-22-16(13-27-20)21(24)23-12-6-8-14-7-3-4-10-17(14)23/h5,9-11,13-14H,3-4,6-8,12H2,1-2H3. The van der Waals surface area contributed by atoms with Crippen LogP contribution in [0.5, 0.6) is 11.5 Å². The molecule has 1 saturated heterocycles. The lowest BCUT2D eigenvalue weighted by Crippen LogP contribution is -2.39. The number of fused-ring (bicyclic) bond motifs is 1. The summed E-state index contributed by atoms with van der Waals surface area (Å²) in [6.45, 7) is 0.788. The van der Waals surface area contributed by atoms with Gasteiger partial charge in [-0.05, 0) is 50.2 Å². The van der Waals surface area contributed by atoms with E-state index < -0.39 is 0 Å². The van der Waals surface area contributed by atoms with Crippen molar-refractivity contribution in [1.82, 2.24) is 9.88 Å². The molecule has 0 bridgehead atoms. The molecule has 0 radical (unpaired) electrons. The van der Waals surface area contributed by atoms with Crippen molar-refractivity contribution in [3.63, 3.8) is 0 Å². The van der Waals surface area contributed by atoms with E-state index in [0.29, 0.717) is 23.1 Å². The van der Waals surface area contributed by atoms with Crippen LogP contribution in [-0.2, 0) is 0 Å². The summed E-state index contributed by atoms with van der Waals surface area (Å²) in [5.74, 6) is 1.84. The van der Waals surface area contributed by atoms with E-state index in [1.165, 1.54) is 36.3 Å². The molecule has 2 aromatic rings. The molecule has 2 aliphatic rings. The maximum absolute atomic E-state index is 13.2. The topological polar surface area (TPSA) is 51.7 Å². The van der Waals surface area contributed by atoms with E-state index in [1.54, 1.807) is 14.2 Å². The molecule has 1 atom stereocenters. The van der Waals surface area contributed by atoms with Gasteiger partial charge in [-0.3, -0.25) is 4.79 Å². The molecule has 1 fully saturated rings. The van der Waals surface area contributed by atoms with E-state index in [2.05, 4.69) is 11.1 Å². The number of benzene rings is 1. The summed E-state index contributed by atoms with van der Waals surface area (Å²) in [4.78, 5) is 19.7. The van der Waals surface area contributed by atoms with Crippen molar-refractivity contribution < 1.29 is 14.3 Å².